The fraction of sp³-hybridized carbons (Fsp3) is 0.100. The lowest BCUT2D eigenvalue weighted by atomic mass is 10.2. The van der Waals surface area contributed by atoms with Gasteiger partial charge < -0.3 is 14.3 Å². The molecule has 0 amide bonds. The quantitative estimate of drug-likeness (QED) is 0.855. The van der Waals surface area contributed by atoms with Gasteiger partial charge in [-0.15, -0.1) is 0 Å². The van der Waals surface area contributed by atoms with E-state index in [0.29, 0.717) is 21.7 Å². The number of carbonyl (C=O) groups is 1. The Kier molecular flexibility index (Phi) is 2.28. The van der Waals surface area contributed by atoms with Crippen LogP contribution in [0.3, 0.4) is 0 Å². The first-order valence-electron chi connectivity index (χ1n) is 4.13. The molecule has 1 aromatic heterocycles. The van der Waals surface area contributed by atoms with Gasteiger partial charge in [-0.05, 0) is 12.1 Å². The first-order chi connectivity index (χ1) is 7.13. The van der Waals surface area contributed by atoms with Crippen LogP contribution >= 0.6 is 11.6 Å². The Balaban J connectivity index is 2.71. The minimum absolute atomic E-state index is 0.139. The Morgan fingerprint density at radius 1 is 1.53 bits per heavy atom. The van der Waals surface area contributed by atoms with Crippen LogP contribution in [-0.4, -0.2) is 18.2 Å². The molecule has 0 saturated carbocycles. The topological polar surface area (TPSA) is 59.7 Å². The molecule has 0 aliphatic carbocycles. The van der Waals surface area contributed by atoms with Gasteiger partial charge in [0.05, 0.1) is 12.1 Å². The predicted molar refractivity (Wildman–Crippen MR) is 54.7 cm³/mol. The van der Waals surface area contributed by atoms with E-state index in [-0.39, 0.29) is 5.76 Å². The Morgan fingerprint density at radius 2 is 2.27 bits per heavy atom. The normalized spacial score (nSPS) is 10.5. The second kappa shape index (κ2) is 3.47. The van der Waals surface area contributed by atoms with Gasteiger partial charge in [-0.25, -0.2) is 4.79 Å². The van der Waals surface area contributed by atoms with Crippen molar-refractivity contribution in [3.8, 4) is 5.75 Å². The SMILES string of the molecule is COc1ccc2oc(C(=O)O)cc2c1Cl. The highest BCUT2D eigenvalue weighted by Crippen LogP contribution is 2.34. The average molecular weight is 227 g/mol. The van der Waals surface area contributed by atoms with Crippen molar-refractivity contribution < 1.29 is 19.1 Å². The van der Waals surface area contributed by atoms with Crippen LogP contribution in [0.2, 0.25) is 5.02 Å². The van der Waals surface area contributed by atoms with Gasteiger partial charge in [-0.3, -0.25) is 0 Å². The largest absolute Gasteiger partial charge is 0.495 e. The number of ether oxygens (including phenoxy) is 1. The molecule has 4 nitrogen and oxygen atoms in total. The lowest BCUT2D eigenvalue weighted by Gasteiger charge is -2.01. The summed E-state index contributed by atoms with van der Waals surface area (Å²) in [6.07, 6.45) is 0. The molecule has 0 fully saturated rings. The summed E-state index contributed by atoms with van der Waals surface area (Å²) in [5, 5.41) is 9.62. The van der Waals surface area contributed by atoms with Crippen molar-refractivity contribution in [1.29, 1.82) is 0 Å². The maximum absolute atomic E-state index is 10.7. The highest BCUT2D eigenvalue weighted by Gasteiger charge is 2.14. The molecule has 0 aliphatic heterocycles. The maximum atomic E-state index is 10.7. The number of benzene rings is 1. The molecular weight excluding hydrogens is 220 g/mol. The van der Waals surface area contributed by atoms with Crippen molar-refractivity contribution >= 4 is 28.5 Å². The summed E-state index contributed by atoms with van der Waals surface area (Å²) in [5.74, 6) is -0.775. The molecule has 0 atom stereocenters. The van der Waals surface area contributed by atoms with Crippen molar-refractivity contribution in [2.45, 2.75) is 0 Å². The van der Waals surface area contributed by atoms with Crippen LogP contribution in [0.4, 0.5) is 0 Å². The lowest BCUT2D eigenvalue weighted by Crippen LogP contribution is -1.91. The van der Waals surface area contributed by atoms with E-state index >= 15 is 0 Å². The van der Waals surface area contributed by atoms with Gasteiger partial charge in [0, 0.05) is 11.5 Å². The minimum atomic E-state index is -1.12. The van der Waals surface area contributed by atoms with Crippen LogP contribution in [0.15, 0.2) is 22.6 Å². The zero-order chi connectivity index (χ0) is 11.0. The number of carboxylic acid groups (broad SMARTS) is 1. The molecule has 1 N–H and O–H groups in total. The van der Waals surface area contributed by atoms with E-state index in [1.165, 1.54) is 13.2 Å². The number of fused-ring (bicyclic) bond motifs is 1. The van der Waals surface area contributed by atoms with Gasteiger partial charge in [0.2, 0.25) is 5.76 Å². The number of furan rings is 1. The van der Waals surface area contributed by atoms with E-state index in [2.05, 4.69) is 0 Å². The molecule has 2 rings (SSSR count). The van der Waals surface area contributed by atoms with Crippen molar-refractivity contribution in [1.82, 2.24) is 0 Å². The predicted octanol–water partition coefficient (Wildman–Crippen LogP) is 2.79. The number of rotatable bonds is 2. The Labute approximate surface area is 90.0 Å². The first kappa shape index (κ1) is 9.86. The van der Waals surface area contributed by atoms with Crippen LogP contribution in [0.5, 0.6) is 5.75 Å². The van der Waals surface area contributed by atoms with Crippen LogP contribution in [0, 0.1) is 0 Å². The Hall–Kier alpha value is -1.68. The molecule has 0 radical (unpaired) electrons. The zero-order valence-corrected chi connectivity index (χ0v) is 8.54. The number of carboxylic acids is 1. The van der Waals surface area contributed by atoms with E-state index in [9.17, 15) is 4.79 Å². The third-order valence-electron chi connectivity index (χ3n) is 2.03. The van der Waals surface area contributed by atoms with Crippen LogP contribution in [0.1, 0.15) is 10.6 Å². The molecule has 15 heavy (non-hydrogen) atoms. The second-order valence-corrected chi connectivity index (χ2v) is 3.29. The van der Waals surface area contributed by atoms with E-state index in [4.69, 9.17) is 25.9 Å². The molecule has 1 heterocycles. The molecule has 0 aliphatic rings. The molecule has 0 unspecified atom stereocenters. The molecule has 0 saturated heterocycles. The Morgan fingerprint density at radius 3 is 2.87 bits per heavy atom. The second-order valence-electron chi connectivity index (χ2n) is 2.91. The third-order valence-corrected chi connectivity index (χ3v) is 2.42. The van der Waals surface area contributed by atoms with Crippen molar-refractivity contribution in [3.05, 3.63) is 29.0 Å². The Bertz CT molecular complexity index is 529. The highest BCUT2D eigenvalue weighted by atomic mass is 35.5. The molecule has 78 valence electrons. The monoisotopic (exact) mass is 226 g/mol. The summed E-state index contributed by atoms with van der Waals surface area (Å²) in [6, 6.07) is 4.62. The van der Waals surface area contributed by atoms with Crippen LogP contribution in [0.25, 0.3) is 11.0 Å². The van der Waals surface area contributed by atoms with Gasteiger partial charge >= 0.3 is 5.97 Å². The first-order valence-corrected chi connectivity index (χ1v) is 4.50. The van der Waals surface area contributed by atoms with Gasteiger partial charge in [0.15, 0.2) is 0 Å². The van der Waals surface area contributed by atoms with Gasteiger partial charge in [0.1, 0.15) is 11.3 Å². The molecule has 0 bridgehead atoms. The fourth-order valence-electron chi connectivity index (χ4n) is 1.32. The summed E-state index contributed by atoms with van der Waals surface area (Å²) in [6.45, 7) is 0. The van der Waals surface area contributed by atoms with Gasteiger partial charge in [0.25, 0.3) is 0 Å². The fourth-order valence-corrected chi connectivity index (χ4v) is 1.61. The smallest absolute Gasteiger partial charge is 0.371 e. The number of methoxy groups -OCH3 is 1. The lowest BCUT2D eigenvalue weighted by molar-refractivity contribution is 0.0665. The number of hydrogen-bond acceptors (Lipinski definition) is 3. The number of halogens is 1. The average Bonchev–Trinajstić information content (AvgIpc) is 2.63. The third kappa shape index (κ3) is 1.53. The maximum Gasteiger partial charge on any atom is 0.371 e. The van der Waals surface area contributed by atoms with E-state index < -0.39 is 5.97 Å². The van der Waals surface area contributed by atoms with Crippen molar-refractivity contribution in [2.75, 3.05) is 7.11 Å². The summed E-state index contributed by atoms with van der Waals surface area (Å²) in [7, 11) is 1.49. The summed E-state index contributed by atoms with van der Waals surface area (Å²) >= 11 is 5.98. The number of hydrogen-bond donors (Lipinski definition) is 1. The van der Waals surface area contributed by atoms with Crippen molar-refractivity contribution in [3.63, 3.8) is 0 Å². The van der Waals surface area contributed by atoms with Crippen LogP contribution < -0.4 is 4.74 Å². The number of aromatic carboxylic acids is 1. The standard InChI is InChI=1S/C10H7ClO4/c1-14-7-3-2-6-5(9(7)11)4-8(15-6)10(12)13/h2-4H,1H3,(H,12,13). The molecule has 1 aromatic carbocycles. The highest BCUT2D eigenvalue weighted by molar-refractivity contribution is 6.37. The summed E-state index contributed by atoms with van der Waals surface area (Å²) in [5.41, 5.74) is 0.429. The molecule has 2 aromatic rings. The molecule has 5 heteroatoms. The van der Waals surface area contributed by atoms with Crippen LogP contribution in [-0.2, 0) is 0 Å². The van der Waals surface area contributed by atoms with E-state index in [1.807, 2.05) is 0 Å². The van der Waals surface area contributed by atoms with E-state index in [1.54, 1.807) is 12.1 Å². The minimum Gasteiger partial charge on any atom is -0.495 e. The molecule has 0 spiro atoms. The van der Waals surface area contributed by atoms with Gasteiger partial charge in [-0.1, -0.05) is 11.6 Å². The summed E-state index contributed by atoms with van der Waals surface area (Å²) < 4.78 is 10.1. The van der Waals surface area contributed by atoms with E-state index in [0.717, 1.165) is 0 Å². The van der Waals surface area contributed by atoms with Crippen molar-refractivity contribution in [2.24, 2.45) is 0 Å². The zero-order valence-electron chi connectivity index (χ0n) is 7.78. The summed E-state index contributed by atoms with van der Waals surface area (Å²) in [4.78, 5) is 10.7. The molecular formula is C10H7ClO4. The van der Waals surface area contributed by atoms with Gasteiger partial charge in [-0.2, -0.15) is 0 Å².